The summed E-state index contributed by atoms with van der Waals surface area (Å²) in [4.78, 5) is 84.4. The number of rotatable bonds is 13. The van der Waals surface area contributed by atoms with E-state index in [1.54, 1.807) is 30.5 Å². The molecule has 54 heavy (non-hydrogen) atoms. The Hall–Kier alpha value is -5.67. The summed E-state index contributed by atoms with van der Waals surface area (Å²) in [6, 6.07) is 8.25. The molecule has 0 radical (unpaired) electrons. The lowest BCUT2D eigenvalue weighted by atomic mass is 10.0. The molecule has 0 aliphatic carbocycles. The summed E-state index contributed by atoms with van der Waals surface area (Å²) in [5.41, 5.74) is 4.59. The Morgan fingerprint density at radius 1 is 0.907 bits per heavy atom. The van der Waals surface area contributed by atoms with Gasteiger partial charge in [0.1, 0.15) is 11.9 Å². The molecule has 14 nitrogen and oxygen atoms in total. The number of aromatic amines is 1. The number of hydrogen-bond acceptors (Lipinski definition) is 9. The number of anilines is 3. The van der Waals surface area contributed by atoms with Gasteiger partial charge in [0, 0.05) is 68.0 Å². The fourth-order valence-electron chi connectivity index (χ4n) is 7.50. The van der Waals surface area contributed by atoms with Gasteiger partial charge in [-0.2, -0.15) is 0 Å². The number of nitrogens with one attached hydrogen (secondary N) is 5. The Labute approximate surface area is 311 Å². The summed E-state index contributed by atoms with van der Waals surface area (Å²) < 4.78 is 13.8. The highest BCUT2D eigenvalue weighted by atomic mass is 19.1. The summed E-state index contributed by atoms with van der Waals surface area (Å²) in [6.07, 6.45) is 7.53. The lowest BCUT2D eigenvalue weighted by Crippen LogP contribution is -2.54. The predicted molar refractivity (Wildman–Crippen MR) is 200 cm³/mol. The number of carbonyl (C=O) groups is 6. The molecule has 1 unspecified atom stereocenters. The second-order valence-electron chi connectivity index (χ2n) is 14.1. The maximum Gasteiger partial charge on any atom is 0.264 e. The predicted octanol–water partition coefficient (Wildman–Crippen LogP) is 3.58. The van der Waals surface area contributed by atoms with Gasteiger partial charge in [-0.1, -0.05) is 18.9 Å². The van der Waals surface area contributed by atoms with Gasteiger partial charge in [-0.15, -0.1) is 0 Å². The number of H-pyrrole nitrogens is 1. The molecular weight excluding hydrogens is 695 g/mol. The normalized spacial score (nSPS) is 19.6. The first-order valence-electron chi connectivity index (χ1n) is 18.4. The van der Waals surface area contributed by atoms with E-state index in [1.165, 1.54) is 18.2 Å². The maximum absolute atomic E-state index is 13.8. The van der Waals surface area contributed by atoms with E-state index in [0.717, 1.165) is 68.9 Å². The standard InChI is InChI=1S/C39H43FN8O6/c1-23-30(20-27-26-19-24(40)9-10-28(26)44-36(27)51)42-21-31(23)43-34(50)22-47-17-15-46(16-18-47)14-5-3-2-4-13-41-29-8-6-7-25-35(29)39(54)48(38(25)53)32-11-12-33(49)45-37(32)52/h6-10,19-21,32,41-42H,2-5,11-18,22H2,1H3,(H,43,50)(H,44,51)(H,45,49,52)/b27-20-. The minimum atomic E-state index is -0.992. The van der Waals surface area contributed by atoms with E-state index in [4.69, 9.17) is 0 Å². The van der Waals surface area contributed by atoms with Crippen molar-refractivity contribution in [2.45, 2.75) is 51.5 Å². The van der Waals surface area contributed by atoms with Crippen LogP contribution in [0.2, 0.25) is 0 Å². The van der Waals surface area contributed by atoms with Crippen LogP contribution in [-0.4, -0.2) is 107 Å². The third kappa shape index (κ3) is 7.68. The minimum absolute atomic E-state index is 0.0773. The SMILES string of the molecule is Cc1c(NC(=O)CN2CCN(CCCCCCNc3cccc4c3C(=O)N(C3CCC(=O)NC3=O)C4=O)CC2)c[nH]c1/C=C1\C(=O)Nc2ccc(F)cc21. The van der Waals surface area contributed by atoms with Crippen LogP contribution in [0.4, 0.5) is 21.5 Å². The van der Waals surface area contributed by atoms with Crippen molar-refractivity contribution in [2.75, 3.05) is 61.8 Å². The largest absolute Gasteiger partial charge is 0.384 e. The van der Waals surface area contributed by atoms with E-state index in [1.807, 2.05) is 6.92 Å². The van der Waals surface area contributed by atoms with Gasteiger partial charge in [-0.05, 0) is 74.7 Å². The molecule has 5 N–H and O–H groups in total. The van der Waals surface area contributed by atoms with Crippen molar-refractivity contribution in [1.29, 1.82) is 0 Å². The quantitative estimate of drug-likeness (QED) is 0.0998. The van der Waals surface area contributed by atoms with E-state index < -0.39 is 35.5 Å². The number of fused-ring (bicyclic) bond motifs is 2. The molecule has 3 aromatic rings. The number of amides is 6. The maximum atomic E-state index is 13.8. The van der Waals surface area contributed by atoms with E-state index >= 15 is 0 Å². The Morgan fingerprint density at radius 3 is 2.48 bits per heavy atom. The monoisotopic (exact) mass is 738 g/mol. The lowest BCUT2D eigenvalue weighted by Gasteiger charge is -2.34. The van der Waals surface area contributed by atoms with E-state index in [0.29, 0.717) is 40.4 Å². The molecule has 2 aromatic carbocycles. The fraction of sp³-hybridized carbons (Fsp3) is 0.385. The van der Waals surface area contributed by atoms with Gasteiger partial charge in [0.15, 0.2) is 0 Å². The highest BCUT2D eigenvalue weighted by molar-refractivity contribution is 6.35. The van der Waals surface area contributed by atoms with Crippen LogP contribution < -0.4 is 21.3 Å². The molecule has 2 saturated heterocycles. The van der Waals surface area contributed by atoms with E-state index in [9.17, 15) is 33.2 Å². The molecule has 282 valence electrons. The number of imide groups is 2. The first kappa shape index (κ1) is 36.7. The number of benzene rings is 2. The van der Waals surface area contributed by atoms with Gasteiger partial charge in [0.05, 0.1) is 28.9 Å². The first-order chi connectivity index (χ1) is 26.1. The van der Waals surface area contributed by atoms with Crippen molar-refractivity contribution in [2.24, 2.45) is 0 Å². The van der Waals surface area contributed by atoms with Crippen LogP contribution in [-0.2, 0) is 19.2 Å². The molecule has 2 fully saturated rings. The number of piperazine rings is 1. The van der Waals surface area contributed by atoms with Crippen molar-refractivity contribution in [1.82, 2.24) is 25.0 Å². The second-order valence-corrected chi connectivity index (χ2v) is 14.1. The van der Waals surface area contributed by atoms with Crippen LogP contribution in [0.15, 0.2) is 42.6 Å². The van der Waals surface area contributed by atoms with Gasteiger partial charge < -0.3 is 25.8 Å². The molecule has 7 rings (SSSR count). The van der Waals surface area contributed by atoms with Crippen LogP contribution in [0.5, 0.6) is 0 Å². The molecule has 1 atom stereocenters. The third-order valence-electron chi connectivity index (χ3n) is 10.5. The Morgan fingerprint density at radius 2 is 1.69 bits per heavy atom. The first-order valence-corrected chi connectivity index (χ1v) is 18.4. The minimum Gasteiger partial charge on any atom is -0.384 e. The highest BCUT2D eigenvalue weighted by Gasteiger charge is 2.45. The number of piperidine rings is 1. The van der Waals surface area contributed by atoms with Crippen molar-refractivity contribution in [3.05, 3.63) is 76.4 Å². The molecule has 4 aliphatic heterocycles. The zero-order valence-electron chi connectivity index (χ0n) is 30.1. The number of carbonyl (C=O) groups excluding carboxylic acids is 6. The molecule has 6 amide bonds. The van der Waals surface area contributed by atoms with Gasteiger partial charge in [0.2, 0.25) is 17.7 Å². The Balaban J connectivity index is 0.793. The topological polar surface area (TPSA) is 176 Å². The molecule has 0 bridgehead atoms. The molecule has 4 aliphatic rings. The van der Waals surface area contributed by atoms with Crippen molar-refractivity contribution < 1.29 is 33.2 Å². The Bertz CT molecular complexity index is 2050. The third-order valence-corrected chi connectivity index (χ3v) is 10.5. The summed E-state index contributed by atoms with van der Waals surface area (Å²) in [7, 11) is 0. The van der Waals surface area contributed by atoms with Crippen LogP contribution in [0.1, 0.15) is 76.1 Å². The number of hydrogen-bond donors (Lipinski definition) is 5. The summed E-state index contributed by atoms with van der Waals surface area (Å²) in [6.45, 7) is 7.06. The van der Waals surface area contributed by atoms with E-state index in [2.05, 4.69) is 36.1 Å². The van der Waals surface area contributed by atoms with Crippen molar-refractivity contribution >= 4 is 64.2 Å². The summed E-state index contributed by atoms with van der Waals surface area (Å²) in [5.74, 6) is -2.92. The van der Waals surface area contributed by atoms with Crippen LogP contribution in [0.3, 0.4) is 0 Å². The van der Waals surface area contributed by atoms with Gasteiger partial charge >= 0.3 is 0 Å². The molecule has 0 saturated carbocycles. The van der Waals surface area contributed by atoms with Gasteiger partial charge in [-0.25, -0.2) is 4.39 Å². The highest BCUT2D eigenvalue weighted by Crippen LogP contribution is 2.35. The van der Waals surface area contributed by atoms with Crippen LogP contribution in [0.25, 0.3) is 11.6 Å². The van der Waals surface area contributed by atoms with Gasteiger partial charge in [0.25, 0.3) is 17.7 Å². The summed E-state index contributed by atoms with van der Waals surface area (Å²) in [5, 5.41) is 11.3. The van der Waals surface area contributed by atoms with Crippen LogP contribution >= 0.6 is 0 Å². The summed E-state index contributed by atoms with van der Waals surface area (Å²) >= 11 is 0. The van der Waals surface area contributed by atoms with Crippen molar-refractivity contribution in [3.8, 4) is 0 Å². The molecule has 1 aromatic heterocycles. The fourth-order valence-corrected chi connectivity index (χ4v) is 7.50. The van der Waals surface area contributed by atoms with Crippen LogP contribution in [0, 0.1) is 12.7 Å². The number of nitrogens with zero attached hydrogens (tertiary/aromatic N) is 3. The van der Waals surface area contributed by atoms with Crippen molar-refractivity contribution in [3.63, 3.8) is 0 Å². The number of aromatic nitrogens is 1. The molecular formula is C39H43FN8O6. The molecule has 0 spiro atoms. The Kier molecular flexibility index (Phi) is 10.7. The second kappa shape index (κ2) is 15.7. The number of unbranched alkanes of at least 4 members (excludes halogenated alkanes) is 3. The zero-order chi connectivity index (χ0) is 37.9. The zero-order valence-corrected chi connectivity index (χ0v) is 30.1. The van der Waals surface area contributed by atoms with Gasteiger partial charge in [-0.3, -0.25) is 43.9 Å². The van der Waals surface area contributed by atoms with E-state index in [-0.39, 0.29) is 42.3 Å². The smallest absolute Gasteiger partial charge is 0.264 e. The molecule has 5 heterocycles. The lowest BCUT2D eigenvalue weighted by molar-refractivity contribution is -0.136. The average Bonchev–Trinajstić information content (AvgIpc) is 3.74. The number of halogens is 1. The average molecular weight is 739 g/mol. The molecule has 15 heteroatoms.